The van der Waals surface area contributed by atoms with Crippen LogP contribution in [0.5, 0.6) is 0 Å². The first-order valence-electron chi connectivity index (χ1n) is 9.21. The Morgan fingerprint density at radius 1 is 1.15 bits per heavy atom. The Morgan fingerprint density at radius 3 is 2.39 bits per heavy atom. The van der Waals surface area contributed by atoms with Crippen LogP contribution in [0.1, 0.15) is 15.2 Å². The minimum atomic E-state index is -3.63. The number of sulfone groups is 1. The Labute approximate surface area is 203 Å². The van der Waals surface area contributed by atoms with Gasteiger partial charge < -0.3 is 15.8 Å². The van der Waals surface area contributed by atoms with E-state index in [0.717, 1.165) is 17.4 Å². The Bertz CT molecular complexity index is 1320. The van der Waals surface area contributed by atoms with Gasteiger partial charge in [0.2, 0.25) is 5.78 Å². The van der Waals surface area contributed by atoms with Crippen molar-refractivity contribution in [2.75, 3.05) is 23.9 Å². The smallest absolute Gasteiger partial charge is 0.330 e. The Hall–Kier alpha value is -2.92. The quantitative estimate of drug-likeness (QED) is 0.249. The molecule has 1 aromatic heterocycles. The molecule has 12 heteroatoms. The van der Waals surface area contributed by atoms with Gasteiger partial charge in [-0.3, -0.25) is 4.79 Å². The second kappa shape index (κ2) is 10.3. The van der Waals surface area contributed by atoms with Gasteiger partial charge in [0.15, 0.2) is 15.0 Å². The molecule has 3 aromatic rings. The number of nitrogens with zero attached hydrogens (tertiary/aromatic N) is 1. The van der Waals surface area contributed by atoms with Crippen molar-refractivity contribution in [3.8, 4) is 0 Å². The molecule has 0 saturated carbocycles. The number of halogens is 2. The highest BCUT2D eigenvalue weighted by atomic mass is 35.5. The van der Waals surface area contributed by atoms with Gasteiger partial charge in [-0.05, 0) is 36.4 Å². The summed E-state index contributed by atoms with van der Waals surface area (Å²) in [5.41, 5.74) is 6.59. The molecule has 8 nitrogen and oxygen atoms in total. The fraction of sp³-hybridized carbons (Fsp3) is 0.0952. The van der Waals surface area contributed by atoms with E-state index in [1.807, 2.05) is 0 Å². The third-order valence-corrected chi connectivity index (χ3v) is 7.52. The summed E-state index contributed by atoms with van der Waals surface area (Å²) in [6.07, 6.45) is 2.27. The number of carbonyl (C=O) groups is 2. The number of hydrogen-bond acceptors (Lipinski definition) is 9. The minimum absolute atomic E-state index is 0.0140. The monoisotopic (exact) mass is 525 g/mol. The predicted molar refractivity (Wildman–Crippen MR) is 129 cm³/mol. The summed E-state index contributed by atoms with van der Waals surface area (Å²) in [4.78, 5) is 28.3. The molecule has 1 heterocycles. The average Bonchev–Trinajstić information content (AvgIpc) is 3.13. The molecule has 172 valence electrons. The molecule has 0 bridgehead atoms. The van der Waals surface area contributed by atoms with Gasteiger partial charge in [0, 0.05) is 11.8 Å². The summed E-state index contributed by atoms with van der Waals surface area (Å²) in [6.45, 7) is 0. The molecule has 3 N–H and O–H groups in total. The van der Waals surface area contributed by atoms with Crippen LogP contribution in [0.25, 0.3) is 0 Å². The molecule has 0 aliphatic rings. The standard InChI is InChI=1S/C21H17Cl2N3O5S2/c1-31-16(27)6-3-11-33(29,30)13-9-7-12(8-10-13)25-21-26-20(24)19(32-21)18(28)17-14(22)4-2-5-15(17)23/h2-10H,11,24H2,1H3,(H,25,26). The van der Waals surface area contributed by atoms with Crippen LogP contribution >= 0.6 is 34.5 Å². The zero-order valence-electron chi connectivity index (χ0n) is 17.0. The lowest BCUT2D eigenvalue weighted by Gasteiger charge is -2.05. The van der Waals surface area contributed by atoms with Crippen LogP contribution in [0.15, 0.2) is 59.5 Å². The van der Waals surface area contributed by atoms with Crippen molar-refractivity contribution in [2.24, 2.45) is 0 Å². The number of benzene rings is 2. The topological polar surface area (TPSA) is 128 Å². The number of hydrogen-bond donors (Lipinski definition) is 2. The maximum Gasteiger partial charge on any atom is 0.330 e. The van der Waals surface area contributed by atoms with Crippen LogP contribution in [-0.2, 0) is 19.4 Å². The van der Waals surface area contributed by atoms with E-state index < -0.39 is 21.6 Å². The number of nitrogens with two attached hydrogens (primary N) is 1. The van der Waals surface area contributed by atoms with Gasteiger partial charge in [0.25, 0.3) is 0 Å². The van der Waals surface area contributed by atoms with E-state index in [2.05, 4.69) is 15.0 Å². The van der Waals surface area contributed by atoms with Gasteiger partial charge >= 0.3 is 5.97 Å². The lowest BCUT2D eigenvalue weighted by Crippen LogP contribution is -2.05. The molecular weight excluding hydrogens is 509 g/mol. The first kappa shape index (κ1) is 24.7. The fourth-order valence-electron chi connectivity index (χ4n) is 2.68. The summed E-state index contributed by atoms with van der Waals surface area (Å²) < 4.78 is 29.2. The van der Waals surface area contributed by atoms with Gasteiger partial charge in [-0.15, -0.1) is 0 Å². The van der Waals surface area contributed by atoms with Crippen molar-refractivity contribution in [3.05, 3.63) is 75.1 Å². The van der Waals surface area contributed by atoms with Crippen molar-refractivity contribution < 1.29 is 22.7 Å². The highest BCUT2D eigenvalue weighted by molar-refractivity contribution is 7.91. The molecule has 0 saturated heterocycles. The highest BCUT2D eigenvalue weighted by Gasteiger charge is 2.22. The normalized spacial score (nSPS) is 11.5. The second-order valence-electron chi connectivity index (χ2n) is 6.52. The molecule has 0 aliphatic carbocycles. The van der Waals surface area contributed by atoms with E-state index in [4.69, 9.17) is 28.9 Å². The summed E-state index contributed by atoms with van der Waals surface area (Å²) in [6, 6.07) is 10.6. The van der Waals surface area contributed by atoms with Gasteiger partial charge in [-0.25, -0.2) is 18.2 Å². The summed E-state index contributed by atoms with van der Waals surface area (Å²) in [7, 11) is -2.43. The zero-order valence-corrected chi connectivity index (χ0v) is 20.2. The molecule has 0 aliphatic heterocycles. The number of thiazole rings is 1. The van der Waals surface area contributed by atoms with Gasteiger partial charge in [0.05, 0.1) is 33.4 Å². The lowest BCUT2D eigenvalue weighted by molar-refractivity contribution is -0.134. The number of ketones is 1. The number of anilines is 3. The van der Waals surface area contributed by atoms with E-state index in [9.17, 15) is 18.0 Å². The van der Waals surface area contributed by atoms with E-state index in [-0.39, 0.29) is 37.0 Å². The van der Waals surface area contributed by atoms with Crippen molar-refractivity contribution in [1.82, 2.24) is 4.98 Å². The molecule has 33 heavy (non-hydrogen) atoms. The average molecular weight is 526 g/mol. The third-order valence-electron chi connectivity index (χ3n) is 4.28. The molecule has 0 atom stereocenters. The van der Waals surface area contributed by atoms with Crippen molar-refractivity contribution in [2.45, 2.75) is 4.90 Å². The predicted octanol–water partition coefficient (Wildman–Crippen LogP) is 4.51. The number of ether oxygens (including phenoxy) is 1. The number of aromatic nitrogens is 1. The van der Waals surface area contributed by atoms with E-state index in [0.29, 0.717) is 10.8 Å². The van der Waals surface area contributed by atoms with Crippen LogP contribution < -0.4 is 11.1 Å². The number of esters is 1. The molecule has 0 fully saturated rings. The van der Waals surface area contributed by atoms with Crippen LogP contribution in [0.4, 0.5) is 16.6 Å². The summed E-state index contributed by atoms with van der Waals surface area (Å²) in [5, 5.41) is 3.72. The van der Waals surface area contributed by atoms with Gasteiger partial charge in [-0.2, -0.15) is 0 Å². The van der Waals surface area contributed by atoms with Crippen LogP contribution in [0.3, 0.4) is 0 Å². The SMILES string of the molecule is COC(=O)C=CCS(=O)(=O)c1ccc(Nc2nc(N)c(C(=O)c3c(Cl)cccc3Cl)s2)cc1. The van der Waals surface area contributed by atoms with Crippen LogP contribution in [0, 0.1) is 0 Å². The summed E-state index contributed by atoms with van der Waals surface area (Å²) >= 11 is 13.2. The molecule has 2 aromatic carbocycles. The Balaban J connectivity index is 1.75. The minimum Gasteiger partial charge on any atom is -0.466 e. The molecular formula is C21H17Cl2N3O5S2. The number of methoxy groups -OCH3 is 1. The Morgan fingerprint density at radius 2 is 1.79 bits per heavy atom. The largest absolute Gasteiger partial charge is 0.466 e. The maximum atomic E-state index is 12.9. The summed E-state index contributed by atoms with van der Waals surface area (Å²) in [5.74, 6) is -1.43. The first-order valence-corrected chi connectivity index (χ1v) is 12.4. The zero-order chi connectivity index (χ0) is 24.2. The van der Waals surface area contributed by atoms with Crippen molar-refractivity contribution >= 4 is 72.8 Å². The number of rotatable bonds is 8. The molecule has 3 rings (SSSR count). The molecule has 0 spiro atoms. The molecule has 0 amide bonds. The fourth-order valence-corrected chi connectivity index (χ4v) is 5.19. The van der Waals surface area contributed by atoms with Gasteiger partial charge in [0.1, 0.15) is 10.7 Å². The third kappa shape index (κ3) is 5.91. The van der Waals surface area contributed by atoms with Gasteiger partial charge in [-0.1, -0.05) is 46.7 Å². The lowest BCUT2D eigenvalue weighted by atomic mass is 10.1. The van der Waals surface area contributed by atoms with E-state index in [1.165, 1.54) is 25.3 Å². The number of carbonyl (C=O) groups excluding carboxylic acids is 2. The molecule has 0 unspecified atom stereocenters. The highest BCUT2D eigenvalue weighted by Crippen LogP contribution is 2.34. The van der Waals surface area contributed by atoms with E-state index >= 15 is 0 Å². The van der Waals surface area contributed by atoms with Crippen molar-refractivity contribution in [3.63, 3.8) is 0 Å². The second-order valence-corrected chi connectivity index (χ2v) is 10.4. The number of nitrogen functional groups attached to an aromatic ring is 1. The van der Waals surface area contributed by atoms with Crippen LogP contribution in [0.2, 0.25) is 10.0 Å². The van der Waals surface area contributed by atoms with Crippen molar-refractivity contribution in [1.29, 1.82) is 0 Å². The Kier molecular flexibility index (Phi) is 7.75. The van der Waals surface area contributed by atoms with E-state index in [1.54, 1.807) is 30.3 Å². The maximum absolute atomic E-state index is 12.9. The first-order chi connectivity index (χ1) is 15.6. The molecule has 0 radical (unpaired) electrons. The number of nitrogens with one attached hydrogen (secondary N) is 1. The van der Waals surface area contributed by atoms with Crippen LogP contribution in [-0.4, -0.2) is 38.0 Å².